The molecular formula is C24H24F3NO. The van der Waals surface area contributed by atoms with Crippen LogP contribution in [0.25, 0.3) is 10.9 Å². The monoisotopic (exact) mass is 399 g/mol. The van der Waals surface area contributed by atoms with E-state index in [-0.39, 0.29) is 6.42 Å². The topological polar surface area (TPSA) is 33.1 Å². The van der Waals surface area contributed by atoms with E-state index in [1.807, 2.05) is 32.0 Å². The molecule has 2 nitrogen and oxygen atoms in total. The molecule has 5 heteroatoms. The molecular weight excluding hydrogens is 375 g/mol. The zero-order chi connectivity index (χ0) is 20.9. The van der Waals surface area contributed by atoms with E-state index < -0.39 is 23.6 Å². The fourth-order valence-corrected chi connectivity index (χ4v) is 4.73. The molecule has 2 unspecified atom stereocenters. The zero-order valence-corrected chi connectivity index (χ0v) is 16.6. The number of aryl methyl sites for hydroxylation is 2. The summed E-state index contributed by atoms with van der Waals surface area (Å²) in [5.74, 6) is 0. The molecule has 0 fully saturated rings. The number of fused-ring (bicyclic) bond motifs is 2. The van der Waals surface area contributed by atoms with Gasteiger partial charge < -0.3 is 5.11 Å². The number of hydrogen-bond donors (Lipinski definition) is 1. The molecule has 2 aromatic carbocycles. The van der Waals surface area contributed by atoms with Crippen molar-refractivity contribution in [3.05, 3.63) is 77.0 Å². The Balaban J connectivity index is 1.75. The minimum absolute atomic E-state index is 0.364. The molecule has 29 heavy (non-hydrogen) atoms. The third-order valence-corrected chi connectivity index (χ3v) is 6.29. The van der Waals surface area contributed by atoms with Gasteiger partial charge in [-0.15, -0.1) is 0 Å². The number of para-hydroxylation sites is 1. The largest absolute Gasteiger partial charge is 0.417 e. The van der Waals surface area contributed by atoms with Gasteiger partial charge in [-0.2, -0.15) is 13.2 Å². The molecule has 1 aliphatic carbocycles. The number of rotatable bonds is 4. The van der Waals surface area contributed by atoms with Crippen molar-refractivity contribution in [1.29, 1.82) is 0 Å². The van der Waals surface area contributed by atoms with Gasteiger partial charge in [-0.05, 0) is 60.4 Å². The van der Waals surface area contributed by atoms with Crippen LogP contribution in [0, 0.1) is 6.92 Å². The van der Waals surface area contributed by atoms with Crippen LogP contribution in [0.3, 0.4) is 0 Å². The summed E-state index contributed by atoms with van der Waals surface area (Å²) in [5.41, 5.74) is 0.569. The molecule has 2 atom stereocenters. The number of aliphatic hydroxyl groups is 1. The van der Waals surface area contributed by atoms with E-state index in [1.165, 1.54) is 6.20 Å². The first-order valence-corrected chi connectivity index (χ1v) is 9.83. The van der Waals surface area contributed by atoms with Crippen LogP contribution in [-0.4, -0.2) is 21.9 Å². The Labute approximate surface area is 168 Å². The van der Waals surface area contributed by atoms with E-state index >= 15 is 0 Å². The molecule has 4 rings (SSSR count). The van der Waals surface area contributed by atoms with Crippen molar-refractivity contribution < 1.29 is 18.3 Å². The fraction of sp³-hybridized carbons (Fsp3) is 0.375. The van der Waals surface area contributed by atoms with Crippen LogP contribution in [0.15, 0.2) is 54.7 Å². The molecule has 0 radical (unpaired) electrons. The predicted molar refractivity (Wildman–Crippen MR) is 108 cm³/mol. The minimum atomic E-state index is -4.74. The number of alkyl halides is 3. The second-order valence-electron chi connectivity index (χ2n) is 8.59. The summed E-state index contributed by atoms with van der Waals surface area (Å²) in [6.45, 7) is 3.79. The number of hydrogen-bond acceptors (Lipinski definition) is 2. The Kier molecular flexibility index (Phi) is 4.69. The third-order valence-electron chi connectivity index (χ3n) is 6.29. The minimum Gasteiger partial charge on any atom is -0.380 e. The van der Waals surface area contributed by atoms with E-state index in [2.05, 4.69) is 4.98 Å². The molecule has 152 valence electrons. The molecule has 3 aromatic rings. The summed E-state index contributed by atoms with van der Waals surface area (Å²) >= 11 is 0. The molecule has 1 aliphatic rings. The standard InChI is InChI=1S/C24H24F3NO/c1-16-7-8-17-9-11-22(2,20(17)13-16)15-23(29,24(25,26)27)14-18-10-12-28-21-6-4-3-5-19(18)21/h3-8,10,12-13,29H,9,11,14-15H2,1-2H3. The fourth-order valence-electron chi connectivity index (χ4n) is 4.73. The molecule has 0 bridgehead atoms. The van der Waals surface area contributed by atoms with Crippen molar-refractivity contribution in [1.82, 2.24) is 4.98 Å². The van der Waals surface area contributed by atoms with Crippen LogP contribution in [0.2, 0.25) is 0 Å². The Morgan fingerprint density at radius 2 is 1.86 bits per heavy atom. The summed E-state index contributed by atoms with van der Waals surface area (Å²) in [6.07, 6.45) is -2.76. The van der Waals surface area contributed by atoms with Crippen LogP contribution < -0.4 is 0 Å². The molecule has 0 spiro atoms. The number of pyridine rings is 1. The lowest BCUT2D eigenvalue weighted by molar-refractivity contribution is -0.266. The van der Waals surface area contributed by atoms with Gasteiger partial charge in [0.2, 0.25) is 0 Å². The Morgan fingerprint density at radius 1 is 1.10 bits per heavy atom. The van der Waals surface area contributed by atoms with Gasteiger partial charge in [-0.3, -0.25) is 4.98 Å². The highest BCUT2D eigenvalue weighted by atomic mass is 19.4. The molecule has 0 aliphatic heterocycles. The van der Waals surface area contributed by atoms with Crippen molar-refractivity contribution in [2.45, 2.75) is 56.7 Å². The second-order valence-corrected chi connectivity index (χ2v) is 8.59. The number of benzene rings is 2. The average molecular weight is 399 g/mol. The van der Waals surface area contributed by atoms with Crippen LogP contribution in [0.5, 0.6) is 0 Å². The molecule has 1 aromatic heterocycles. The van der Waals surface area contributed by atoms with Crippen molar-refractivity contribution >= 4 is 10.9 Å². The van der Waals surface area contributed by atoms with Gasteiger partial charge in [0, 0.05) is 18.0 Å². The SMILES string of the molecule is Cc1ccc2c(c1)C(C)(CC(O)(Cc1ccnc3ccccc13)C(F)(F)F)CC2. The summed E-state index contributed by atoms with van der Waals surface area (Å²) in [7, 11) is 0. The lowest BCUT2D eigenvalue weighted by Crippen LogP contribution is -2.51. The van der Waals surface area contributed by atoms with Crippen molar-refractivity contribution in [2.24, 2.45) is 0 Å². The van der Waals surface area contributed by atoms with Crippen LogP contribution in [0.4, 0.5) is 13.2 Å². The second kappa shape index (κ2) is 6.84. The van der Waals surface area contributed by atoms with Crippen LogP contribution in [0.1, 0.15) is 42.0 Å². The highest BCUT2D eigenvalue weighted by Gasteiger charge is 2.57. The highest BCUT2D eigenvalue weighted by molar-refractivity contribution is 5.81. The van der Waals surface area contributed by atoms with Gasteiger partial charge in [-0.25, -0.2) is 0 Å². The highest BCUT2D eigenvalue weighted by Crippen LogP contribution is 2.49. The zero-order valence-electron chi connectivity index (χ0n) is 16.6. The normalized spacial score (nSPS) is 21.2. The third kappa shape index (κ3) is 3.52. The maximum absolute atomic E-state index is 14.2. The van der Waals surface area contributed by atoms with E-state index in [1.54, 1.807) is 30.3 Å². The van der Waals surface area contributed by atoms with Crippen molar-refractivity contribution in [3.63, 3.8) is 0 Å². The quantitative estimate of drug-likeness (QED) is 0.613. The summed E-state index contributed by atoms with van der Waals surface area (Å²) in [4.78, 5) is 4.23. The maximum atomic E-state index is 14.2. The van der Waals surface area contributed by atoms with Crippen molar-refractivity contribution in [3.8, 4) is 0 Å². The Bertz CT molecular complexity index is 1060. The predicted octanol–water partition coefficient (Wildman–Crippen LogP) is 5.67. The van der Waals surface area contributed by atoms with Gasteiger partial charge in [0.25, 0.3) is 0 Å². The summed E-state index contributed by atoms with van der Waals surface area (Å²) < 4.78 is 42.6. The Hall–Kier alpha value is -2.40. The van der Waals surface area contributed by atoms with Crippen LogP contribution in [-0.2, 0) is 18.3 Å². The van der Waals surface area contributed by atoms with E-state index in [4.69, 9.17) is 0 Å². The smallest absolute Gasteiger partial charge is 0.380 e. The molecule has 0 saturated carbocycles. The van der Waals surface area contributed by atoms with Gasteiger partial charge >= 0.3 is 6.18 Å². The molecule has 0 amide bonds. The van der Waals surface area contributed by atoms with Gasteiger partial charge in [-0.1, -0.05) is 48.9 Å². The number of nitrogens with zero attached hydrogens (tertiary/aromatic N) is 1. The molecule has 1 N–H and O–H groups in total. The number of halogens is 3. The maximum Gasteiger partial charge on any atom is 0.417 e. The first kappa shape index (κ1) is 19.9. The summed E-state index contributed by atoms with van der Waals surface area (Å²) in [6, 6.07) is 14.6. The molecule has 1 heterocycles. The lowest BCUT2D eigenvalue weighted by atomic mass is 9.72. The van der Waals surface area contributed by atoms with Crippen LogP contribution >= 0.6 is 0 Å². The van der Waals surface area contributed by atoms with Gasteiger partial charge in [0.1, 0.15) is 0 Å². The van der Waals surface area contributed by atoms with Gasteiger partial charge in [0.05, 0.1) is 5.52 Å². The van der Waals surface area contributed by atoms with E-state index in [0.29, 0.717) is 22.9 Å². The Morgan fingerprint density at radius 3 is 2.62 bits per heavy atom. The van der Waals surface area contributed by atoms with Gasteiger partial charge in [0.15, 0.2) is 5.60 Å². The first-order valence-electron chi connectivity index (χ1n) is 9.83. The van der Waals surface area contributed by atoms with E-state index in [9.17, 15) is 18.3 Å². The van der Waals surface area contributed by atoms with Crippen molar-refractivity contribution in [2.75, 3.05) is 0 Å². The molecule has 0 saturated heterocycles. The lowest BCUT2D eigenvalue weighted by Gasteiger charge is -2.38. The average Bonchev–Trinajstić information content (AvgIpc) is 2.97. The first-order chi connectivity index (χ1) is 13.6. The number of aromatic nitrogens is 1. The summed E-state index contributed by atoms with van der Waals surface area (Å²) in [5, 5.41) is 11.7. The van der Waals surface area contributed by atoms with E-state index in [0.717, 1.165) is 23.1 Å².